The van der Waals surface area contributed by atoms with Crippen molar-refractivity contribution in [1.29, 1.82) is 0 Å². The van der Waals surface area contributed by atoms with Crippen LogP contribution in [-0.2, 0) is 14.3 Å². The molecule has 3 atom stereocenters. The second-order valence-corrected chi connectivity index (χ2v) is 6.07. The molecule has 124 valence electrons. The Bertz CT molecular complexity index is 299. The van der Waals surface area contributed by atoms with Gasteiger partial charge in [0.05, 0.1) is 13.2 Å². The molecule has 0 aromatic carbocycles. The second-order valence-electron chi connectivity index (χ2n) is 6.07. The summed E-state index contributed by atoms with van der Waals surface area (Å²) in [4.78, 5) is 12.0. The van der Waals surface area contributed by atoms with E-state index in [1.165, 1.54) is 0 Å². The Labute approximate surface area is 133 Å². The van der Waals surface area contributed by atoms with Gasteiger partial charge in [-0.3, -0.25) is 4.79 Å². The molecule has 6 heteroatoms. The van der Waals surface area contributed by atoms with Gasteiger partial charge in [0.1, 0.15) is 0 Å². The largest absolute Gasteiger partial charge is 0.381 e. The molecule has 1 aliphatic heterocycles. The topological polar surface area (TPSA) is 73.6 Å². The molecule has 21 heavy (non-hydrogen) atoms. The Balaban J connectivity index is 0.00000220. The molecule has 0 aromatic heterocycles. The first kappa shape index (κ1) is 18.7. The number of nitrogens with two attached hydrogens (primary N) is 1. The Kier molecular flexibility index (Phi) is 9.24. The average molecular weight is 321 g/mol. The van der Waals surface area contributed by atoms with E-state index in [9.17, 15) is 4.79 Å². The Hall–Kier alpha value is -0.360. The second kappa shape index (κ2) is 10.4. The molecule has 2 aliphatic rings. The predicted molar refractivity (Wildman–Crippen MR) is 84.6 cm³/mol. The van der Waals surface area contributed by atoms with Crippen LogP contribution in [0.15, 0.2) is 0 Å². The van der Waals surface area contributed by atoms with Gasteiger partial charge in [0.2, 0.25) is 5.91 Å². The molecule has 3 unspecified atom stereocenters. The van der Waals surface area contributed by atoms with E-state index < -0.39 is 0 Å². The number of halogens is 1. The number of hydrogen-bond donors (Lipinski definition) is 2. The molecule has 1 aliphatic carbocycles. The number of rotatable bonds is 7. The van der Waals surface area contributed by atoms with Crippen LogP contribution in [-0.4, -0.2) is 44.9 Å². The summed E-state index contributed by atoms with van der Waals surface area (Å²) < 4.78 is 10.9. The van der Waals surface area contributed by atoms with E-state index in [4.69, 9.17) is 15.2 Å². The molecule has 1 amide bonds. The van der Waals surface area contributed by atoms with Crippen molar-refractivity contribution < 1.29 is 14.3 Å². The van der Waals surface area contributed by atoms with Crippen molar-refractivity contribution in [1.82, 2.24) is 5.32 Å². The first-order valence-electron chi connectivity index (χ1n) is 7.94. The maximum absolute atomic E-state index is 12.0. The van der Waals surface area contributed by atoms with Crippen molar-refractivity contribution in [2.75, 3.05) is 33.0 Å². The van der Waals surface area contributed by atoms with Crippen LogP contribution in [0.4, 0.5) is 0 Å². The lowest BCUT2D eigenvalue weighted by molar-refractivity contribution is -0.126. The summed E-state index contributed by atoms with van der Waals surface area (Å²) in [5, 5.41) is 3.00. The molecule has 0 spiro atoms. The third kappa shape index (κ3) is 6.96. The van der Waals surface area contributed by atoms with Crippen LogP contribution in [0.25, 0.3) is 0 Å². The van der Waals surface area contributed by atoms with E-state index in [0.717, 1.165) is 58.3 Å². The van der Waals surface area contributed by atoms with Crippen molar-refractivity contribution in [3.8, 4) is 0 Å². The number of hydrogen-bond acceptors (Lipinski definition) is 4. The van der Waals surface area contributed by atoms with Crippen molar-refractivity contribution in [3.63, 3.8) is 0 Å². The molecule has 0 radical (unpaired) electrons. The zero-order valence-electron chi connectivity index (χ0n) is 12.7. The first-order chi connectivity index (χ1) is 9.75. The van der Waals surface area contributed by atoms with E-state index in [0.29, 0.717) is 19.1 Å². The average Bonchev–Trinajstić information content (AvgIpc) is 2.95. The molecule has 5 nitrogen and oxygen atoms in total. The Morgan fingerprint density at radius 2 is 2.19 bits per heavy atom. The first-order valence-corrected chi connectivity index (χ1v) is 7.94. The highest BCUT2D eigenvalue weighted by Crippen LogP contribution is 2.23. The maximum Gasteiger partial charge on any atom is 0.223 e. The summed E-state index contributed by atoms with van der Waals surface area (Å²) in [6.07, 6.45) is 5.94. The molecule has 0 aromatic rings. The van der Waals surface area contributed by atoms with Gasteiger partial charge in [-0.2, -0.15) is 0 Å². The van der Waals surface area contributed by atoms with Gasteiger partial charge in [-0.1, -0.05) is 6.42 Å². The predicted octanol–water partition coefficient (Wildman–Crippen LogP) is 1.49. The van der Waals surface area contributed by atoms with E-state index in [-0.39, 0.29) is 30.3 Å². The highest BCUT2D eigenvalue weighted by molar-refractivity contribution is 5.85. The molecular formula is C15H29ClN2O3. The van der Waals surface area contributed by atoms with Crippen molar-refractivity contribution in [3.05, 3.63) is 0 Å². The van der Waals surface area contributed by atoms with E-state index in [1.54, 1.807) is 0 Å². The molecular weight excluding hydrogens is 292 g/mol. The van der Waals surface area contributed by atoms with Crippen LogP contribution in [0.2, 0.25) is 0 Å². The number of carbonyl (C=O) groups excluding carboxylic acids is 1. The van der Waals surface area contributed by atoms with Gasteiger partial charge in [-0.05, 0) is 32.1 Å². The lowest BCUT2D eigenvalue weighted by Gasteiger charge is -2.25. The summed E-state index contributed by atoms with van der Waals surface area (Å²) in [5.41, 5.74) is 5.91. The SMILES string of the molecule is Cl.NC1CCCC(C(=O)NCCCOCC2CCOC2)C1. The summed E-state index contributed by atoms with van der Waals surface area (Å²) in [6, 6.07) is 0.205. The third-order valence-corrected chi connectivity index (χ3v) is 4.23. The standard InChI is InChI=1S/C15H28N2O3.ClH/c16-14-4-1-3-13(9-14)15(18)17-6-2-7-19-10-12-5-8-20-11-12;/h12-14H,1-11,16H2,(H,17,18);1H. The maximum atomic E-state index is 12.0. The highest BCUT2D eigenvalue weighted by Gasteiger charge is 2.24. The minimum absolute atomic E-state index is 0. The fraction of sp³-hybridized carbons (Fsp3) is 0.933. The van der Waals surface area contributed by atoms with E-state index in [2.05, 4.69) is 5.32 Å². The van der Waals surface area contributed by atoms with Crippen LogP contribution in [0, 0.1) is 11.8 Å². The van der Waals surface area contributed by atoms with Crippen molar-refractivity contribution in [2.24, 2.45) is 17.6 Å². The summed E-state index contributed by atoms with van der Waals surface area (Å²) >= 11 is 0. The highest BCUT2D eigenvalue weighted by atomic mass is 35.5. The Morgan fingerprint density at radius 3 is 2.90 bits per heavy atom. The minimum Gasteiger partial charge on any atom is -0.381 e. The van der Waals surface area contributed by atoms with Crippen LogP contribution in [0.1, 0.15) is 38.5 Å². The summed E-state index contributed by atoms with van der Waals surface area (Å²) in [5.74, 6) is 0.855. The van der Waals surface area contributed by atoms with Gasteiger partial charge in [0.15, 0.2) is 0 Å². The van der Waals surface area contributed by atoms with E-state index in [1.807, 2.05) is 0 Å². The Morgan fingerprint density at radius 1 is 1.33 bits per heavy atom. The lowest BCUT2D eigenvalue weighted by Crippen LogP contribution is -2.38. The molecule has 2 rings (SSSR count). The zero-order chi connectivity index (χ0) is 14.2. The molecule has 1 heterocycles. The summed E-state index contributed by atoms with van der Waals surface area (Å²) in [6.45, 7) is 3.89. The monoisotopic (exact) mass is 320 g/mol. The van der Waals surface area contributed by atoms with Crippen LogP contribution >= 0.6 is 12.4 Å². The number of carbonyl (C=O) groups is 1. The van der Waals surface area contributed by atoms with Gasteiger partial charge in [-0.25, -0.2) is 0 Å². The van der Waals surface area contributed by atoms with Gasteiger partial charge < -0.3 is 20.5 Å². The van der Waals surface area contributed by atoms with E-state index >= 15 is 0 Å². The third-order valence-electron chi connectivity index (χ3n) is 4.23. The molecule has 1 saturated heterocycles. The fourth-order valence-electron chi connectivity index (χ4n) is 2.96. The smallest absolute Gasteiger partial charge is 0.223 e. The van der Waals surface area contributed by atoms with Gasteiger partial charge in [0, 0.05) is 37.6 Å². The molecule has 1 saturated carbocycles. The van der Waals surface area contributed by atoms with Crippen LogP contribution in [0.5, 0.6) is 0 Å². The molecule has 2 fully saturated rings. The normalized spacial score (nSPS) is 28.9. The van der Waals surface area contributed by atoms with Gasteiger partial charge in [-0.15, -0.1) is 12.4 Å². The molecule has 3 N–H and O–H groups in total. The zero-order valence-corrected chi connectivity index (χ0v) is 13.5. The number of amides is 1. The molecule has 0 bridgehead atoms. The lowest BCUT2D eigenvalue weighted by atomic mass is 9.85. The van der Waals surface area contributed by atoms with Crippen molar-refractivity contribution in [2.45, 2.75) is 44.6 Å². The quantitative estimate of drug-likeness (QED) is 0.697. The fourth-order valence-corrected chi connectivity index (χ4v) is 2.96. The summed E-state index contributed by atoms with van der Waals surface area (Å²) in [7, 11) is 0. The van der Waals surface area contributed by atoms with Gasteiger partial charge >= 0.3 is 0 Å². The minimum atomic E-state index is 0. The number of nitrogens with one attached hydrogen (secondary N) is 1. The van der Waals surface area contributed by atoms with Crippen LogP contribution < -0.4 is 11.1 Å². The van der Waals surface area contributed by atoms with Crippen LogP contribution in [0.3, 0.4) is 0 Å². The van der Waals surface area contributed by atoms with Crippen molar-refractivity contribution >= 4 is 18.3 Å². The van der Waals surface area contributed by atoms with Gasteiger partial charge in [0.25, 0.3) is 0 Å². The number of ether oxygens (including phenoxy) is 2.